The van der Waals surface area contributed by atoms with E-state index < -0.39 is 84.3 Å². The fourth-order valence-corrected chi connectivity index (χ4v) is 11.4. The van der Waals surface area contributed by atoms with Gasteiger partial charge in [0.1, 0.15) is 37.1 Å². The van der Waals surface area contributed by atoms with Gasteiger partial charge in [0.2, 0.25) is 0 Å². The maximum absolute atomic E-state index is 13.3. The summed E-state index contributed by atoms with van der Waals surface area (Å²) in [6.45, 7) is 3.45. The highest BCUT2D eigenvalue weighted by Crippen LogP contribution is 2.70. The first kappa shape index (κ1) is 35.7. The molecule has 3 heterocycles. The fraction of sp³-hybridized carbons (Fsp3) is 0.886. The Bertz CT molecular complexity index is 1290. The third-order valence-electron chi connectivity index (χ3n) is 13.9. The standard InChI is InChI=1S/C35H52O14/c1-16-30(49-31-29(41)28(40)27(39)24(14-36)48-31)23(37)13-26(46-16)47-19-5-9-34(32(42)43)18(12-19)3-4-22-21(34)6-8-33(2)20(7-10-35(22,33)44)17-11-25(38)45-15-17/h11,16,18-24,26-31,36-37,39-41,44H,3-10,12-15H2,1-2H3,(H,42,43)/t16-,18+,19+,20-,21+,22-,23+,24-,26+,27-,28+,29-,30+,31+,33-,34-,35+/m1/s1. The molecule has 7 aliphatic rings. The van der Waals surface area contributed by atoms with Crippen molar-refractivity contribution in [3.05, 3.63) is 11.6 Å². The fourth-order valence-electron chi connectivity index (χ4n) is 11.4. The van der Waals surface area contributed by atoms with E-state index in [1.54, 1.807) is 13.0 Å². The van der Waals surface area contributed by atoms with Gasteiger partial charge in [0.05, 0.1) is 35.9 Å². The number of aliphatic carboxylic acids is 1. The van der Waals surface area contributed by atoms with Gasteiger partial charge in [0, 0.05) is 17.9 Å². The summed E-state index contributed by atoms with van der Waals surface area (Å²) >= 11 is 0. The predicted molar refractivity (Wildman–Crippen MR) is 166 cm³/mol. The molecule has 0 spiro atoms. The van der Waals surface area contributed by atoms with Crippen LogP contribution in [0.4, 0.5) is 0 Å². The van der Waals surface area contributed by atoms with E-state index in [1.165, 1.54) is 0 Å². The summed E-state index contributed by atoms with van der Waals surface area (Å²) in [5.41, 5.74) is -1.52. The lowest BCUT2D eigenvalue weighted by molar-refractivity contribution is -0.344. The lowest BCUT2D eigenvalue weighted by Gasteiger charge is -2.63. The Morgan fingerprint density at radius 3 is 2.39 bits per heavy atom. The Hall–Kier alpha value is -1.72. The minimum Gasteiger partial charge on any atom is -0.481 e. The molecule has 14 heteroatoms. The van der Waals surface area contributed by atoms with Gasteiger partial charge in [-0.3, -0.25) is 4.79 Å². The van der Waals surface area contributed by atoms with Crippen LogP contribution >= 0.6 is 0 Å². The molecule has 0 amide bonds. The number of carboxylic acids is 1. The van der Waals surface area contributed by atoms with Crippen LogP contribution in [-0.2, 0) is 33.3 Å². The van der Waals surface area contributed by atoms with E-state index in [-0.39, 0.29) is 48.8 Å². The van der Waals surface area contributed by atoms with Gasteiger partial charge in [-0.25, -0.2) is 4.79 Å². The van der Waals surface area contributed by atoms with Crippen LogP contribution in [0.2, 0.25) is 0 Å². The molecule has 7 N–H and O–H groups in total. The van der Waals surface area contributed by atoms with Crippen LogP contribution < -0.4 is 0 Å². The monoisotopic (exact) mass is 696 g/mol. The normalized spacial score (nSPS) is 52.8. The minimum absolute atomic E-state index is 0.0305. The predicted octanol–water partition coefficient (Wildman–Crippen LogP) is 0.374. The average Bonchev–Trinajstić information content (AvgIpc) is 3.61. The molecule has 14 nitrogen and oxygen atoms in total. The number of esters is 1. The van der Waals surface area contributed by atoms with Crippen molar-refractivity contribution < 1.29 is 69.0 Å². The van der Waals surface area contributed by atoms with Crippen LogP contribution in [0.5, 0.6) is 0 Å². The molecular weight excluding hydrogens is 644 g/mol. The maximum Gasteiger partial charge on any atom is 0.331 e. The van der Waals surface area contributed by atoms with Gasteiger partial charge in [0.15, 0.2) is 12.6 Å². The molecule has 0 radical (unpaired) electrons. The lowest BCUT2D eigenvalue weighted by atomic mass is 9.42. The molecule has 3 aliphatic heterocycles. The van der Waals surface area contributed by atoms with Gasteiger partial charge >= 0.3 is 11.9 Å². The number of ether oxygens (including phenoxy) is 5. The second kappa shape index (κ2) is 13.0. The number of carbonyl (C=O) groups excluding carboxylic acids is 1. The topological polar surface area (TPSA) is 222 Å². The molecule has 0 aromatic carbocycles. The van der Waals surface area contributed by atoms with E-state index in [9.17, 15) is 45.3 Å². The Balaban J connectivity index is 0.996. The Kier molecular flexibility index (Phi) is 9.50. The number of hydrogen-bond acceptors (Lipinski definition) is 13. The zero-order valence-electron chi connectivity index (χ0n) is 28.1. The summed E-state index contributed by atoms with van der Waals surface area (Å²) in [6.07, 6.45) is -4.04. The Morgan fingerprint density at radius 2 is 1.71 bits per heavy atom. The summed E-state index contributed by atoms with van der Waals surface area (Å²) in [7, 11) is 0. The highest BCUT2D eigenvalue weighted by atomic mass is 16.7. The molecule has 17 atom stereocenters. The highest BCUT2D eigenvalue weighted by molar-refractivity contribution is 5.85. The number of hydrogen-bond donors (Lipinski definition) is 7. The van der Waals surface area contributed by atoms with Crippen LogP contribution in [0.15, 0.2) is 11.6 Å². The zero-order chi connectivity index (χ0) is 35.0. The molecule has 7 rings (SSSR count). The number of aliphatic hydroxyl groups is 6. The number of carboxylic acid groups (broad SMARTS) is 1. The van der Waals surface area contributed by atoms with Crippen molar-refractivity contribution in [2.24, 2.45) is 34.5 Å². The third-order valence-corrected chi connectivity index (χ3v) is 13.9. The van der Waals surface area contributed by atoms with Crippen LogP contribution in [0, 0.1) is 34.5 Å². The molecule has 4 aliphatic carbocycles. The molecule has 0 bridgehead atoms. The van der Waals surface area contributed by atoms with Gasteiger partial charge in [-0.1, -0.05) is 6.92 Å². The van der Waals surface area contributed by atoms with Crippen LogP contribution in [0.25, 0.3) is 0 Å². The quantitative estimate of drug-likeness (QED) is 0.141. The summed E-state index contributed by atoms with van der Waals surface area (Å²) in [5.74, 6) is -1.59. The summed E-state index contributed by atoms with van der Waals surface area (Å²) in [4.78, 5) is 25.2. The SMILES string of the molecule is C[C@H]1O[C@@H](O[C@H]2CC[C@@]3(C(=O)O)[C@@H](CC[C@@H]4[C@@H]3CC[C@]3(C)[C@@H](C5=CC(=O)OC5)CC[C@]43O)C2)C[C@H](O)[C@H]1O[C@@H]1O[C@H](CO)[C@@H](O)[C@H](O)[C@H]1O. The molecular formula is C35H52O14. The van der Waals surface area contributed by atoms with Gasteiger partial charge in [-0.15, -0.1) is 0 Å². The van der Waals surface area contributed by atoms with Crippen molar-refractivity contribution >= 4 is 11.9 Å². The summed E-state index contributed by atoms with van der Waals surface area (Å²) < 4.78 is 28.9. The largest absolute Gasteiger partial charge is 0.481 e. The van der Waals surface area contributed by atoms with E-state index in [2.05, 4.69) is 6.92 Å². The second-order valence-corrected chi connectivity index (χ2v) is 16.0. The van der Waals surface area contributed by atoms with Crippen LogP contribution in [0.3, 0.4) is 0 Å². The first-order valence-electron chi connectivity index (χ1n) is 18.0. The van der Waals surface area contributed by atoms with Crippen molar-refractivity contribution in [1.82, 2.24) is 0 Å². The van der Waals surface area contributed by atoms with E-state index >= 15 is 0 Å². The Morgan fingerprint density at radius 1 is 0.939 bits per heavy atom. The van der Waals surface area contributed by atoms with Crippen LogP contribution in [0.1, 0.15) is 78.1 Å². The summed E-state index contributed by atoms with van der Waals surface area (Å²) in [6, 6.07) is 0. The van der Waals surface area contributed by atoms with Gasteiger partial charge in [-0.2, -0.15) is 0 Å². The van der Waals surface area contributed by atoms with E-state index in [4.69, 9.17) is 23.7 Å². The maximum atomic E-state index is 13.3. The smallest absolute Gasteiger partial charge is 0.331 e. The van der Waals surface area contributed by atoms with Crippen LogP contribution in [-0.4, -0.2) is 128 Å². The molecule has 2 saturated heterocycles. The summed E-state index contributed by atoms with van der Waals surface area (Å²) in [5, 5.41) is 74.5. The lowest BCUT2D eigenvalue weighted by Crippen LogP contribution is -2.64. The van der Waals surface area contributed by atoms with Crippen molar-refractivity contribution in [1.29, 1.82) is 0 Å². The minimum atomic E-state index is -1.61. The third kappa shape index (κ3) is 5.60. The Labute approximate surface area is 285 Å². The van der Waals surface area contributed by atoms with Crippen molar-refractivity contribution in [3.8, 4) is 0 Å². The highest BCUT2D eigenvalue weighted by Gasteiger charge is 2.70. The number of carbonyl (C=O) groups is 2. The van der Waals surface area contributed by atoms with Gasteiger partial charge in [0.25, 0.3) is 0 Å². The number of cyclic esters (lactones) is 1. The molecule has 0 aromatic heterocycles. The average molecular weight is 697 g/mol. The molecule has 49 heavy (non-hydrogen) atoms. The van der Waals surface area contributed by atoms with E-state index in [1.807, 2.05) is 0 Å². The molecule has 0 unspecified atom stereocenters. The van der Waals surface area contributed by atoms with Crippen molar-refractivity contribution in [3.63, 3.8) is 0 Å². The molecule has 0 aromatic rings. The molecule has 6 fully saturated rings. The number of aliphatic hydroxyl groups excluding tert-OH is 5. The van der Waals surface area contributed by atoms with Crippen molar-refractivity contribution in [2.45, 2.75) is 145 Å². The molecule has 276 valence electrons. The molecule has 4 saturated carbocycles. The van der Waals surface area contributed by atoms with E-state index in [0.29, 0.717) is 44.9 Å². The second-order valence-electron chi connectivity index (χ2n) is 16.0. The van der Waals surface area contributed by atoms with Gasteiger partial charge < -0.3 is 59.4 Å². The first-order chi connectivity index (χ1) is 23.2. The number of fused-ring (bicyclic) bond motifs is 5. The van der Waals surface area contributed by atoms with Crippen molar-refractivity contribution in [2.75, 3.05) is 13.2 Å². The zero-order valence-corrected chi connectivity index (χ0v) is 28.1. The van der Waals surface area contributed by atoms with E-state index in [0.717, 1.165) is 18.4 Å². The first-order valence-corrected chi connectivity index (χ1v) is 18.0. The number of rotatable bonds is 7. The van der Waals surface area contributed by atoms with Gasteiger partial charge in [-0.05, 0) is 94.0 Å².